The first-order valence-corrected chi connectivity index (χ1v) is 8.42. The molecule has 1 aromatic carbocycles. The fourth-order valence-corrected chi connectivity index (χ4v) is 3.17. The first-order chi connectivity index (χ1) is 11.5. The number of methoxy groups -OCH3 is 3. The first-order valence-electron chi connectivity index (χ1n) is 7.61. The van der Waals surface area contributed by atoms with Crippen LogP contribution in [-0.2, 0) is 4.79 Å². The summed E-state index contributed by atoms with van der Waals surface area (Å²) in [6.45, 7) is 2.46. The van der Waals surface area contributed by atoms with Crippen molar-refractivity contribution in [2.75, 3.05) is 27.9 Å². The SMILES string of the molecule is CCCCN1C(=O)SC(=Cc2cc(OC)c(OC)cc2OC)C1=O. The van der Waals surface area contributed by atoms with E-state index in [4.69, 9.17) is 14.2 Å². The van der Waals surface area contributed by atoms with E-state index in [1.807, 2.05) is 6.92 Å². The van der Waals surface area contributed by atoms with Crippen LogP contribution in [0.4, 0.5) is 4.79 Å². The van der Waals surface area contributed by atoms with Gasteiger partial charge in [-0.15, -0.1) is 0 Å². The molecule has 0 atom stereocenters. The second-order valence-electron chi connectivity index (χ2n) is 5.14. The van der Waals surface area contributed by atoms with Gasteiger partial charge in [0, 0.05) is 18.2 Å². The summed E-state index contributed by atoms with van der Waals surface area (Å²) in [5, 5.41) is -0.237. The lowest BCUT2D eigenvalue weighted by atomic mass is 10.1. The number of carbonyl (C=O) groups excluding carboxylic acids is 2. The average molecular weight is 351 g/mol. The molecule has 0 bridgehead atoms. The van der Waals surface area contributed by atoms with E-state index in [1.54, 1.807) is 18.2 Å². The zero-order valence-electron chi connectivity index (χ0n) is 14.3. The molecule has 0 radical (unpaired) electrons. The summed E-state index contributed by atoms with van der Waals surface area (Å²) in [5.41, 5.74) is 0.649. The van der Waals surface area contributed by atoms with E-state index in [-0.39, 0.29) is 11.1 Å². The van der Waals surface area contributed by atoms with Gasteiger partial charge in [-0.25, -0.2) is 0 Å². The summed E-state index contributed by atoms with van der Waals surface area (Å²) in [6.07, 6.45) is 3.37. The van der Waals surface area contributed by atoms with Crippen LogP contribution in [0.15, 0.2) is 17.0 Å². The predicted molar refractivity (Wildman–Crippen MR) is 93.7 cm³/mol. The Morgan fingerprint density at radius 1 is 1.04 bits per heavy atom. The van der Waals surface area contributed by atoms with Crippen molar-refractivity contribution >= 4 is 29.0 Å². The van der Waals surface area contributed by atoms with Gasteiger partial charge >= 0.3 is 0 Å². The monoisotopic (exact) mass is 351 g/mol. The Hall–Kier alpha value is -2.15. The van der Waals surface area contributed by atoms with E-state index in [0.717, 1.165) is 24.6 Å². The van der Waals surface area contributed by atoms with Crippen LogP contribution in [0.25, 0.3) is 6.08 Å². The number of thioether (sulfide) groups is 1. The number of rotatable bonds is 7. The fraction of sp³-hybridized carbons (Fsp3) is 0.412. The summed E-state index contributed by atoms with van der Waals surface area (Å²) in [7, 11) is 4.61. The highest BCUT2D eigenvalue weighted by Gasteiger charge is 2.34. The fourth-order valence-electron chi connectivity index (χ4n) is 2.32. The number of unbranched alkanes of at least 4 members (excludes halogenated alkanes) is 1. The first kappa shape index (κ1) is 18.2. The number of nitrogens with zero attached hydrogens (tertiary/aromatic N) is 1. The number of hydrogen-bond acceptors (Lipinski definition) is 6. The molecule has 1 aliphatic rings. The maximum Gasteiger partial charge on any atom is 0.293 e. The third-order valence-corrected chi connectivity index (χ3v) is 4.54. The summed E-state index contributed by atoms with van der Waals surface area (Å²) >= 11 is 0.941. The molecule has 24 heavy (non-hydrogen) atoms. The Labute approximate surface area is 145 Å². The molecule has 2 rings (SSSR count). The van der Waals surface area contributed by atoms with E-state index in [1.165, 1.54) is 26.2 Å². The third kappa shape index (κ3) is 3.67. The Morgan fingerprint density at radius 2 is 1.67 bits per heavy atom. The zero-order chi connectivity index (χ0) is 17.7. The van der Waals surface area contributed by atoms with Gasteiger partial charge in [0.25, 0.3) is 11.1 Å². The lowest BCUT2D eigenvalue weighted by Gasteiger charge is -2.13. The molecule has 1 fully saturated rings. The summed E-state index contributed by atoms with van der Waals surface area (Å²) in [4.78, 5) is 26.1. The van der Waals surface area contributed by atoms with Gasteiger partial charge in [-0.1, -0.05) is 13.3 Å². The number of carbonyl (C=O) groups is 2. The molecule has 0 unspecified atom stereocenters. The van der Waals surface area contributed by atoms with Gasteiger partial charge in [0.05, 0.1) is 26.2 Å². The lowest BCUT2D eigenvalue weighted by Crippen LogP contribution is -2.29. The van der Waals surface area contributed by atoms with Gasteiger partial charge in [0.1, 0.15) is 5.75 Å². The van der Waals surface area contributed by atoms with E-state index >= 15 is 0 Å². The Bertz CT molecular complexity index is 671. The van der Waals surface area contributed by atoms with Gasteiger partial charge in [-0.05, 0) is 30.3 Å². The molecule has 0 N–H and O–H groups in total. The molecule has 7 heteroatoms. The van der Waals surface area contributed by atoms with Crippen LogP contribution in [0.5, 0.6) is 17.2 Å². The van der Waals surface area contributed by atoms with Crippen molar-refractivity contribution in [3.05, 3.63) is 22.6 Å². The number of amides is 2. The van der Waals surface area contributed by atoms with E-state index in [2.05, 4.69) is 0 Å². The highest BCUT2D eigenvalue weighted by atomic mass is 32.2. The minimum Gasteiger partial charge on any atom is -0.496 e. The molecule has 0 aliphatic carbocycles. The smallest absolute Gasteiger partial charge is 0.293 e. The minimum atomic E-state index is -0.268. The second-order valence-corrected chi connectivity index (χ2v) is 6.13. The van der Waals surface area contributed by atoms with Crippen molar-refractivity contribution in [2.45, 2.75) is 19.8 Å². The normalized spacial score (nSPS) is 16.0. The van der Waals surface area contributed by atoms with Crippen LogP contribution in [0.1, 0.15) is 25.3 Å². The molecule has 1 saturated heterocycles. The van der Waals surface area contributed by atoms with Gasteiger partial charge in [0.15, 0.2) is 11.5 Å². The Kier molecular flexibility index (Phi) is 6.14. The summed E-state index contributed by atoms with van der Waals surface area (Å²) in [6, 6.07) is 3.41. The van der Waals surface area contributed by atoms with E-state index < -0.39 is 0 Å². The standard InChI is InChI=1S/C17H21NO5S/c1-5-6-7-18-16(19)15(24-17(18)20)9-11-8-13(22-3)14(23-4)10-12(11)21-2/h8-10H,5-7H2,1-4H3. The molecule has 1 aromatic rings. The van der Waals surface area contributed by atoms with Crippen LogP contribution < -0.4 is 14.2 Å². The third-order valence-electron chi connectivity index (χ3n) is 3.63. The van der Waals surface area contributed by atoms with Gasteiger partial charge < -0.3 is 14.2 Å². The molecular weight excluding hydrogens is 330 g/mol. The minimum absolute atomic E-state index is 0.237. The molecule has 1 aliphatic heterocycles. The van der Waals surface area contributed by atoms with Crippen molar-refractivity contribution in [3.63, 3.8) is 0 Å². The highest BCUT2D eigenvalue weighted by molar-refractivity contribution is 8.18. The lowest BCUT2D eigenvalue weighted by molar-refractivity contribution is -0.122. The molecule has 0 spiro atoms. The highest BCUT2D eigenvalue weighted by Crippen LogP contribution is 2.38. The maximum absolute atomic E-state index is 12.4. The van der Waals surface area contributed by atoms with Crippen molar-refractivity contribution in [2.24, 2.45) is 0 Å². The molecule has 0 saturated carbocycles. The summed E-state index contributed by atoms with van der Waals surface area (Å²) in [5.74, 6) is 1.32. The predicted octanol–water partition coefficient (Wildman–Crippen LogP) is 3.55. The van der Waals surface area contributed by atoms with Gasteiger partial charge in [-0.3, -0.25) is 14.5 Å². The number of ether oxygens (including phenoxy) is 3. The van der Waals surface area contributed by atoms with Crippen molar-refractivity contribution in [3.8, 4) is 17.2 Å². The van der Waals surface area contributed by atoms with E-state index in [0.29, 0.717) is 34.3 Å². The molecule has 130 valence electrons. The molecule has 0 aromatic heterocycles. The number of benzene rings is 1. The van der Waals surface area contributed by atoms with Crippen molar-refractivity contribution in [1.82, 2.24) is 4.90 Å². The van der Waals surface area contributed by atoms with E-state index in [9.17, 15) is 9.59 Å². The van der Waals surface area contributed by atoms with Crippen LogP contribution in [-0.4, -0.2) is 43.9 Å². The van der Waals surface area contributed by atoms with Crippen molar-refractivity contribution < 1.29 is 23.8 Å². The average Bonchev–Trinajstić information content (AvgIpc) is 2.86. The van der Waals surface area contributed by atoms with Gasteiger partial charge in [0.2, 0.25) is 0 Å². The Balaban J connectivity index is 2.37. The van der Waals surface area contributed by atoms with Crippen molar-refractivity contribution in [1.29, 1.82) is 0 Å². The largest absolute Gasteiger partial charge is 0.496 e. The number of imide groups is 1. The Morgan fingerprint density at radius 3 is 2.25 bits per heavy atom. The van der Waals surface area contributed by atoms with Crippen LogP contribution >= 0.6 is 11.8 Å². The topological polar surface area (TPSA) is 65.1 Å². The summed E-state index contributed by atoms with van der Waals surface area (Å²) < 4.78 is 15.9. The molecule has 1 heterocycles. The van der Waals surface area contributed by atoms with Crippen LogP contribution in [0, 0.1) is 0 Å². The number of hydrogen-bond donors (Lipinski definition) is 0. The second kappa shape index (κ2) is 8.10. The molecular formula is C17H21NO5S. The zero-order valence-corrected chi connectivity index (χ0v) is 15.1. The molecule has 6 nitrogen and oxygen atoms in total. The maximum atomic E-state index is 12.4. The van der Waals surface area contributed by atoms with Gasteiger partial charge in [-0.2, -0.15) is 0 Å². The molecule has 2 amide bonds. The quantitative estimate of drug-likeness (QED) is 0.700. The van der Waals surface area contributed by atoms with Crippen LogP contribution in [0.3, 0.4) is 0 Å². The van der Waals surface area contributed by atoms with Crippen LogP contribution in [0.2, 0.25) is 0 Å².